The molecule has 0 saturated heterocycles. The van der Waals surface area contributed by atoms with Crippen molar-refractivity contribution in [3.8, 4) is 23.0 Å². The summed E-state index contributed by atoms with van der Waals surface area (Å²) in [5.74, 6) is -0.351. The number of nitrogens with one attached hydrogen (secondary N) is 1. The van der Waals surface area contributed by atoms with Crippen LogP contribution < -0.4 is 19.5 Å². The Bertz CT molecular complexity index is 1530. The van der Waals surface area contributed by atoms with Gasteiger partial charge in [-0.15, -0.1) is 0 Å². The van der Waals surface area contributed by atoms with Gasteiger partial charge in [0.15, 0.2) is 23.5 Å². The number of unbranched alkanes of at least 4 members (excludes halogenated alkanes) is 4. The summed E-state index contributed by atoms with van der Waals surface area (Å²) >= 11 is 0. The lowest BCUT2D eigenvalue weighted by molar-refractivity contribution is -0.148. The fourth-order valence-corrected chi connectivity index (χ4v) is 5.76. The molecule has 2 N–H and O–H groups in total. The first-order valence-corrected chi connectivity index (χ1v) is 18.6. The second kappa shape index (κ2) is 23.9. The molecule has 2 atom stereocenters. The molecular formula is C44H65NO8. The van der Waals surface area contributed by atoms with Crippen LogP contribution in [0.2, 0.25) is 0 Å². The maximum absolute atomic E-state index is 13.8. The van der Waals surface area contributed by atoms with Crippen molar-refractivity contribution in [2.45, 2.75) is 120 Å². The second-order valence-corrected chi connectivity index (χ2v) is 13.8. The molecule has 0 bridgehead atoms. The zero-order valence-electron chi connectivity index (χ0n) is 34.3. The van der Waals surface area contributed by atoms with Crippen molar-refractivity contribution >= 4 is 17.7 Å². The van der Waals surface area contributed by atoms with Crippen molar-refractivity contribution in [3.05, 3.63) is 82.5 Å². The van der Waals surface area contributed by atoms with E-state index in [0.717, 1.165) is 56.9 Å². The minimum absolute atomic E-state index is 0.0681. The molecule has 1 aromatic carbocycles. The van der Waals surface area contributed by atoms with Gasteiger partial charge in [-0.3, -0.25) is 14.4 Å². The van der Waals surface area contributed by atoms with E-state index in [9.17, 15) is 19.5 Å². The van der Waals surface area contributed by atoms with Gasteiger partial charge in [-0.25, -0.2) is 0 Å². The van der Waals surface area contributed by atoms with Crippen LogP contribution in [0.3, 0.4) is 0 Å². The first-order chi connectivity index (χ1) is 25.1. The molecule has 0 aliphatic heterocycles. The Morgan fingerprint density at radius 1 is 0.717 bits per heavy atom. The Labute approximate surface area is 318 Å². The number of rotatable bonds is 23. The number of phenolic OH excluding ortho intramolecular Hbond substituents is 1. The Balaban J connectivity index is 2.51. The van der Waals surface area contributed by atoms with Crippen LogP contribution in [0.5, 0.6) is 23.0 Å². The molecule has 0 radical (unpaired) electrons. The fourth-order valence-electron chi connectivity index (χ4n) is 5.76. The van der Waals surface area contributed by atoms with E-state index < -0.39 is 12.2 Å². The van der Waals surface area contributed by atoms with Crippen molar-refractivity contribution in [2.24, 2.45) is 11.3 Å². The zero-order valence-corrected chi connectivity index (χ0v) is 34.3. The highest BCUT2D eigenvalue weighted by Gasteiger charge is 2.32. The van der Waals surface area contributed by atoms with Crippen LogP contribution in [0, 0.1) is 18.3 Å². The fraction of sp³-hybridized carbons (Fsp3) is 0.523. The maximum atomic E-state index is 13.8. The maximum Gasteiger partial charge on any atom is 0.304 e. The predicted octanol–water partition coefficient (Wildman–Crippen LogP) is 10.2. The van der Waals surface area contributed by atoms with Crippen LogP contribution in [0.1, 0.15) is 123 Å². The standard InChI is InChI=1S/C44H65NO8/c1-30(43(49)45-35(6)53-36(7)46)28-26-24-22-20-18-16-14-13-15-17-19-21-23-25-27-29-31(2)44(8,9)34(5)32(3)38(47)37-33(4)40(50-10)42(52-12)41(51-11)39(37)48/h13-14,19-22,27-29,31,35,48H,15-18,23-26H2,1-12H3,(H,45,49)/b14-13+,21-19+,22-20+,29-27+,30-28+,34-32+. The van der Waals surface area contributed by atoms with Crippen LogP contribution in [0.15, 0.2) is 71.4 Å². The normalized spacial score (nSPS) is 14.2. The van der Waals surface area contributed by atoms with E-state index in [4.69, 9.17) is 18.9 Å². The zero-order chi connectivity index (χ0) is 40.1. The summed E-state index contributed by atoms with van der Waals surface area (Å²) in [7, 11) is 4.37. The average molecular weight is 736 g/mol. The van der Waals surface area contributed by atoms with Crippen LogP contribution >= 0.6 is 0 Å². The summed E-state index contributed by atoms with van der Waals surface area (Å²) in [4.78, 5) is 36.9. The molecule has 0 heterocycles. The first kappa shape index (κ1) is 46.5. The number of carbonyl (C=O) groups excluding carboxylic acids is 3. The van der Waals surface area contributed by atoms with Crippen LogP contribution in [-0.4, -0.2) is 50.3 Å². The van der Waals surface area contributed by atoms with Gasteiger partial charge in [0.2, 0.25) is 17.4 Å². The molecule has 9 nitrogen and oxygen atoms in total. The third-order valence-electron chi connectivity index (χ3n) is 9.67. The Morgan fingerprint density at radius 3 is 1.62 bits per heavy atom. The minimum Gasteiger partial charge on any atom is -0.504 e. The lowest BCUT2D eigenvalue weighted by atomic mass is 9.72. The highest BCUT2D eigenvalue weighted by molar-refractivity contribution is 6.12. The molecule has 2 unspecified atom stereocenters. The molecule has 1 aromatic rings. The minimum atomic E-state index is -0.647. The van der Waals surface area contributed by atoms with E-state index in [1.54, 1.807) is 20.8 Å². The molecular weight excluding hydrogens is 670 g/mol. The summed E-state index contributed by atoms with van der Waals surface area (Å²) in [6.07, 6.45) is 26.5. The van der Waals surface area contributed by atoms with Crippen LogP contribution in [0.4, 0.5) is 0 Å². The van der Waals surface area contributed by atoms with E-state index in [2.05, 4.69) is 74.7 Å². The summed E-state index contributed by atoms with van der Waals surface area (Å²) in [6, 6.07) is 0. The Kier molecular flexibility index (Phi) is 21.0. The van der Waals surface area contributed by atoms with E-state index in [0.29, 0.717) is 22.5 Å². The number of aromatic hydroxyl groups is 1. The molecule has 1 rings (SSSR count). The van der Waals surface area contributed by atoms with Gasteiger partial charge in [0.1, 0.15) is 0 Å². The van der Waals surface area contributed by atoms with Crippen LogP contribution in [0.25, 0.3) is 0 Å². The van der Waals surface area contributed by atoms with Crippen molar-refractivity contribution < 1.29 is 38.4 Å². The Hall–Kier alpha value is -4.53. The van der Waals surface area contributed by atoms with E-state index >= 15 is 0 Å². The van der Waals surface area contributed by atoms with Gasteiger partial charge < -0.3 is 29.4 Å². The smallest absolute Gasteiger partial charge is 0.304 e. The number of amides is 1. The third-order valence-corrected chi connectivity index (χ3v) is 9.67. The second-order valence-electron chi connectivity index (χ2n) is 13.8. The average Bonchev–Trinajstić information content (AvgIpc) is 3.11. The SMILES string of the molecule is COc1c(C)c(C(=O)/C(C)=C(\C)C(C)(C)C(C)/C=C/CC/C=C/CC/C=C/CC/C=C/CC/C=C(\C)C(=O)NC(C)OC(C)=O)c(O)c(OC)c1OC. The van der Waals surface area contributed by atoms with Gasteiger partial charge in [0, 0.05) is 18.1 Å². The number of phenols is 1. The lowest BCUT2D eigenvalue weighted by Crippen LogP contribution is -2.36. The number of allylic oxidation sites excluding steroid dienone is 11. The molecule has 0 spiro atoms. The number of hydrogen-bond acceptors (Lipinski definition) is 8. The molecule has 0 aromatic heterocycles. The molecule has 53 heavy (non-hydrogen) atoms. The number of ketones is 1. The third kappa shape index (κ3) is 14.8. The number of esters is 1. The van der Waals surface area contributed by atoms with Gasteiger partial charge >= 0.3 is 5.97 Å². The van der Waals surface area contributed by atoms with Gasteiger partial charge in [-0.1, -0.05) is 81.0 Å². The molecule has 0 aliphatic carbocycles. The lowest BCUT2D eigenvalue weighted by Gasteiger charge is -2.33. The summed E-state index contributed by atoms with van der Waals surface area (Å²) in [5.41, 5.74) is 2.47. The van der Waals surface area contributed by atoms with E-state index in [1.807, 2.05) is 19.9 Å². The molecule has 0 fully saturated rings. The van der Waals surface area contributed by atoms with E-state index in [1.165, 1.54) is 28.3 Å². The highest BCUT2D eigenvalue weighted by atomic mass is 16.6. The highest BCUT2D eigenvalue weighted by Crippen LogP contribution is 2.50. The number of methoxy groups -OCH3 is 3. The van der Waals surface area contributed by atoms with Crippen molar-refractivity contribution in [1.82, 2.24) is 5.32 Å². The summed E-state index contributed by atoms with van der Waals surface area (Å²) in [5, 5.41) is 13.7. The quantitative estimate of drug-likeness (QED) is 0.0285. The summed E-state index contributed by atoms with van der Waals surface area (Å²) in [6.45, 7) is 16.7. The Morgan fingerprint density at radius 2 is 1.17 bits per heavy atom. The van der Waals surface area contributed by atoms with Crippen LogP contribution in [-0.2, 0) is 14.3 Å². The molecule has 294 valence electrons. The van der Waals surface area contributed by atoms with Gasteiger partial charge in [-0.05, 0) is 103 Å². The monoisotopic (exact) mass is 735 g/mol. The number of Topliss-reactive ketones (excluding diaryl/α,β-unsaturated/α-hetero) is 1. The van der Waals surface area contributed by atoms with Crippen molar-refractivity contribution in [3.63, 3.8) is 0 Å². The van der Waals surface area contributed by atoms with Gasteiger partial charge in [-0.2, -0.15) is 0 Å². The topological polar surface area (TPSA) is 120 Å². The van der Waals surface area contributed by atoms with E-state index in [-0.39, 0.29) is 45.8 Å². The van der Waals surface area contributed by atoms with Crippen molar-refractivity contribution in [1.29, 1.82) is 0 Å². The molecule has 9 heteroatoms. The largest absolute Gasteiger partial charge is 0.504 e. The number of ether oxygens (including phenoxy) is 4. The van der Waals surface area contributed by atoms with Gasteiger partial charge in [0.25, 0.3) is 0 Å². The predicted molar refractivity (Wildman–Crippen MR) is 215 cm³/mol. The number of benzene rings is 1. The number of hydrogen-bond donors (Lipinski definition) is 2. The molecule has 0 saturated carbocycles. The van der Waals surface area contributed by atoms with Crippen molar-refractivity contribution in [2.75, 3.05) is 21.3 Å². The summed E-state index contributed by atoms with van der Waals surface area (Å²) < 4.78 is 21.2. The molecule has 1 amide bonds. The van der Waals surface area contributed by atoms with Gasteiger partial charge in [0.05, 0.1) is 26.9 Å². The molecule has 0 aliphatic rings. The number of carbonyl (C=O) groups is 3. The first-order valence-electron chi connectivity index (χ1n) is 18.6.